The quantitative estimate of drug-likeness (QED) is 0.544. The lowest BCUT2D eigenvalue weighted by Gasteiger charge is -2.34. The van der Waals surface area contributed by atoms with Gasteiger partial charge in [0.05, 0.1) is 13.7 Å². The molecule has 7 nitrogen and oxygen atoms in total. The lowest BCUT2D eigenvalue weighted by molar-refractivity contribution is 0.0843. The monoisotopic (exact) mass is 422 g/mol. The van der Waals surface area contributed by atoms with Crippen LogP contribution in [0.5, 0.6) is 5.75 Å². The van der Waals surface area contributed by atoms with Crippen LogP contribution >= 0.6 is 0 Å². The maximum Gasteiger partial charge on any atom is 0.180 e. The molecule has 0 spiro atoms. The fourth-order valence-corrected chi connectivity index (χ4v) is 4.24. The molecule has 0 bridgehead atoms. The van der Waals surface area contributed by atoms with Crippen molar-refractivity contribution in [3.05, 3.63) is 64.7 Å². The van der Waals surface area contributed by atoms with Gasteiger partial charge in [-0.15, -0.1) is 0 Å². The minimum atomic E-state index is 0.156. The molecule has 1 saturated heterocycles. The molecule has 1 aliphatic rings. The molecule has 3 aromatic rings. The van der Waals surface area contributed by atoms with Crippen molar-refractivity contribution in [2.75, 3.05) is 39.8 Å². The Morgan fingerprint density at radius 3 is 2.32 bits per heavy atom. The predicted molar refractivity (Wildman–Crippen MR) is 119 cm³/mol. The Morgan fingerprint density at radius 2 is 1.71 bits per heavy atom. The van der Waals surface area contributed by atoms with E-state index in [1.165, 1.54) is 5.56 Å². The second-order valence-corrected chi connectivity index (χ2v) is 8.24. The van der Waals surface area contributed by atoms with E-state index in [2.05, 4.69) is 27.1 Å². The summed E-state index contributed by atoms with van der Waals surface area (Å²) in [6.45, 7) is 10.9. The average molecular weight is 423 g/mol. The van der Waals surface area contributed by atoms with Gasteiger partial charge in [0.15, 0.2) is 11.6 Å². The summed E-state index contributed by atoms with van der Waals surface area (Å²) in [6.07, 6.45) is 0. The first-order valence-electron chi connectivity index (χ1n) is 10.7. The van der Waals surface area contributed by atoms with Crippen LogP contribution in [0.1, 0.15) is 33.1 Å². The molecule has 0 N–H and O–H groups in total. The summed E-state index contributed by atoms with van der Waals surface area (Å²) in [7, 11) is 1.68. The summed E-state index contributed by atoms with van der Waals surface area (Å²) in [5, 5.41) is 4.10. The standard InChI is InChI=1S/C24H30N4O3/c1-17-13-22(19(3)28(17)24-14-18(2)31-25-24)23(29)16-27-11-9-26(10-12-27)15-20-5-7-21(30-4)8-6-20/h5-8,13-14H,9-12,15-16H2,1-4H3. The molecular weight excluding hydrogens is 392 g/mol. The first kappa shape index (κ1) is 21.3. The van der Waals surface area contributed by atoms with Gasteiger partial charge in [-0.2, -0.15) is 0 Å². The van der Waals surface area contributed by atoms with Crippen LogP contribution in [-0.2, 0) is 6.54 Å². The van der Waals surface area contributed by atoms with Crippen molar-refractivity contribution in [1.82, 2.24) is 19.5 Å². The summed E-state index contributed by atoms with van der Waals surface area (Å²) < 4.78 is 12.4. The van der Waals surface area contributed by atoms with Crippen molar-refractivity contribution in [3.8, 4) is 11.6 Å². The van der Waals surface area contributed by atoms with Gasteiger partial charge in [0, 0.05) is 55.7 Å². The maximum atomic E-state index is 13.0. The second-order valence-electron chi connectivity index (χ2n) is 8.24. The minimum Gasteiger partial charge on any atom is -0.497 e. The Labute approximate surface area is 183 Å². The third-order valence-electron chi connectivity index (χ3n) is 5.97. The molecule has 1 aromatic carbocycles. The van der Waals surface area contributed by atoms with Gasteiger partial charge in [0.1, 0.15) is 11.5 Å². The summed E-state index contributed by atoms with van der Waals surface area (Å²) in [5.41, 5.74) is 3.94. The van der Waals surface area contributed by atoms with Crippen LogP contribution in [0, 0.1) is 20.8 Å². The number of rotatable bonds is 7. The summed E-state index contributed by atoms with van der Waals surface area (Å²) in [5.74, 6) is 2.51. The van der Waals surface area contributed by atoms with E-state index >= 15 is 0 Å². The van der Waals surface area contributed by atoms with E-state index in [-0.39, 0.29) is 5.78 Å². The van der Waals surface area contributed by atoms with Crippen LogP contribution < -0.4 is 4.74 Å². The van der Waals surface area contributed by atoms with Crippen molar-refractivity contribution in [2.24, 2.45) is 0 Å². The van der Waals surface area contributed by atoms with Gasteiger partial charge in [-0.1, -0.05) is 17.3 Å². The molecule has 31 heavy (non-hydrogen) atoms. The van der Waals surface area contributed by atoms with Crippen LogP contribution in [0.4, 0.5) is 0 Å². The Hall–Kier alpha value is -2.90. The van der Waals surface area contributed by atoms with E-state index in [0.29, 0.717) is 6.54 Å². The topological polar surface area (TPSA) is 63.7 Å². The van der Waals surface area contributed by atoms with Crippen LogP contribution in [0.25, 0.3) is 5.82 Å². The Kier molecular flexibility index (Phi) is 6.25. The number of hydrogen-bond acceptors (Lipinski definition) is 6. The number of aromatic nitrogens is 2. The number of ketones is 1. The largest absolute Gasteiger partial charge is 0.497 e. The van der Waals surface area contributed by atoms with E-state index in [1.807, 2.05) is 49.6 Å². The number of methoxy groups -OCH3 is 1. The predicted octanol–water partition coefficient (Wildman–Crippen LogP) is 3.40. The fourth-order valence-electron chi connectivity index (χ4n) is 4.24. The zero-order chi connectivity index (χ0) is 22.0. The molecule has 0 unspecified atom stereocenters. The van der Waals surface area contributed by atoms with Gasteiger partial charge in [-0.05, 0) is 44.5 Å². The second kappa shape index (κ2) is 9.08. The number of Topliss-reactive ketones (excluding diaryl/α,β-unsaturated/α-hetero) is 1. The normalized spacial score (nSPS) is 15.4. The molecule has 0 radical (unpaired) electrons. The van der Waals surface area contributed by atoms with Crippen molar-refractivity contribution < 1.29 is 14.1 Å². The highest BCUT2D eigenvalue weighted by atomic mass is 16.5. The molecule has 7 heteroatoms. The van der Waals surface area contributed by atoms with Crippen molar-refractivity contribution in [3.63, 3.8) is 0 Å². The third kappa shape index (κ3) is 4.73. The molecule has 3 heterocycles. The minimum absolute atomic E-state index is 0.156. The van der Waals surface area contributed by atoms with Gasteiger partial charge >= 0.3 is 0 Å². The number of ether oxygens (including phenoxy) is 1. The Morgan fingerprint density at radius 1 is 1.03 bits per heavy atom. The van der Waals surface area contributed by atoms with Crippen LogP contribution in [0.15, 0.2) is 40.9 Å². The van der Waals surface area contributed by atoms with Crippen molar-refractivity contribution in [1.29, 1.82) is 0 Å². The Bertz CT molecular complexity index is 1040. The number of nitrogens with zero attached hydrogens (tertiary/aromatic N) is 4. The van der Waals surface area contributed by atoms with E-state index in [0.717, 1.165) is 67.0 Å². The number of benzene rings is 1. The molecule has 0 aliphatic carbocycles. The third-order valence-corrected chi connectivity index (χ3v) is 5.97. The molecule has 0 amide bonds. The molecule has 1 aliphatic heterocycles. The van der Waals surface area contributed by atoms with Gasteiger partial charge in [-0.3, -0.25) is 19.2 Å². The fraction of sp³-hybridized carbons (Fsp3) is 0.417. The molecule has 0 saturated carbocycles. The van der Waals surface area contributed by atoms with Gasteiger partial charge in [0.2, 0.25) is 0 Å². The summed E-state index contributed by atoms with van der Waals surface area (Å²) in [4.78, 5) is 17.7. The van der Waals surface area contributed by atoms with E-state index in [9.17, 15) is 4.79 Å². The van der Waals surface area contributed by atoms with Crippen LogP contribution in [0.3, 0.4) is 0 Å². The highest BCUT2D eigenvalue weighted by Crippen LogP contribution is 2.22. The van der Waals surface area contributed by atoms with E-state index in [4.69, 9.17) is 9.26 Å². The zero-order valence-corrected chi connectivity index (χ0v) is 18.7. The molecule has 0 atom stereocenters. The Balaban J connectivity index is 1.34. The lowest BCUT2D eigenvalue weighted by atomic mass is 10.1. The summed E-state index contributed by atoms with van der Waals surface area (Å²) in [6, 6.07) is 12.1. The van der Waals surface area contributed by atoms with E-state index < -0.39 is 0 Å². The maximum absolute atomic E-state index is 13.0. The van der Waals surface area contributed by atoms with Gasteiger partial charge < -0.3 is 9.26 Å². The SMILES string of the molecule is COc1ccc(CN2CCN(CC(=O)c3cc(C)n(-c4cc(C)on4)c3C)CC2)cc1. The lowest BCUT2D eigenvalue weighted by Crippen LogP contribution is -2.47. The van der Waals surface area contributed by atoms with Crippen LogP contribution in [0.2, 0.25) is 0 Å². The summed E-state index contributed by atoms with van der Waals surface area (Å²) >= 11 is 0. The zero-order valence-electron chi connectivity index (χ0n) is 18.7. The molecule has 2 aromatic heterocycles. The van der Waals surface area contributed by atoms with Gasteiger partial charge in [-0.25, -0.2) is 0 Å². The number of hydrogen-bond donors (Lipinski definition) is 0. The van der Waals surface area contributed by atoms with Crippen LogP contribution in [-0.4, -0.2) is 65.1 Å². The first-order valence-corrected chi connectivity index (χ1v) is 10.7. The first-order chi connectivity index (χ1) is 14.9. The molecule has 164 valence electrons. The molecular formula is C24H30N4O3. The number of piperazine rings is 1. The van der Waals surface area contributed by atoms with Gasteiger partial charge in [0.25, 0.3) is 0 Å². The number of aryl methyl sites for hydroxylation is 2. The smallest absolute Gasteiger partial charge is 0.180 e. The average Bonchev–Trinajstić information content (AvgIpc) is 3.32. The van der Waals surface area contributed by atoms with Crippen molar-refractivity contribution in [2.45, 2.75) is 27.3 Å². The molecule has 1 fully saturated rings. The van der Waals surface area contributed by atoms with Crippen molar-refractivity contribution >= 4 is 5.78 Å². The van der Waals surface area contributed by atoms with E-state index in [1.54, 1.807) is 7.11 Å². The highest BCUT2D eigenvalue weighted by molar-refractivity contribution is 5.99. The number of carbonyl (C=O) groups is 1. The number of carbonyl (C=O) groups excluding carboxylic acids is 1. The molecule has 4 rings (SSSR count). The highest BCUT2D eigenvalue weighted by Gasteiger charge is 2.23.